The van der Waals surface area contributed by atoms with E-state index in [2.05, 4.69) is 0 Å². The van der Waals surface area contributed by atoms with E-state index in [4.69, 9.17) is 13.8 Å². The minimum absolute atomic E-state index is 0. The Balaban J connectivity index is 0. The Morgan fingerprint density at radius 3 is 0.833 bits per heavy atom. The van der Waals surface area contributed by atoms with Crippen molar-refractivity contribution in [1.82, 2.24) is 0 Å². The van der Waals surface area contributed by atoms with Gasteiger partial charge in [0.25, 0.3) is 0 Å². The molecular weight excluding hydrogens is 246 g/mol. The van der Waals surface area contributed by atoms with Gasteiger partial charge in [0.1, 0.15) is 0 Å². The fourth-order valence-corrected chi connectivity index (χ4v) is 0. The second-order valence-corrected chi connectivity index (χ2v) is 4.02. The summed E-state index contributed by atoms with van der Waals surface area (Å²) in [6, 6.07) is 0. The van der Waals surface area contributed by atoms with Crippen molar-refractivity contribution in [2.45, 2.75) is 0 Å². The zero-order valence-electron chi connectivity index (χ0n) is 2.59. The quantitative estimate of drug-likeness (QED) is 0.355. The van der Waals surface area contributed by atoms with Gasteiger partial charge in [0.15, 0.2) is 0 Å². The van der Waals surface area contributed by atoms with Crippen LogP contribution in [0.1, 0.15) is 0 Å². The summed E-state index contributed by atoms with van der Waals surface area (Å²) in [4.78, 5) is 0. The standard InChI is InChI=1S/Cu.4H2O.Sn/h;4*1H2;/q;;;;;+4/p-4. The summed E-state index contributed by atoms with van der Waals surface area (Å²) >= 11 is -5.18. The Labute approximate surface area is 51.0 Å². The van der Waals surface area contributed by atoms with Crippen molar-refractivity contribution in [2.75, 3.05) is 0 Å². The summed E-state index contributed by atoms with van der Waals surface area (Å²) in [5, 5.41) is 0. The van der Waals surface area contributed by atoms with Crippen LogP contribution in [0.25, 0.3) is 0 Å². The van der Waals surface area contributed by atoms with E-state index >= 15 is 0 Å². The Hall–Kier alpha value is 1.16. The summed E-state index contributed by atoms with van der Waals surface area (Å²) in [5.41, 5.74) is 0. The van der Waals surface area contributed by atoms with Crippen LogP contribution in [0.5, 0.6) is 0 Å². The van der Waals surface area contributed by atoms with E-state index in [0.29, 0.717) is 0 Å². The third-order valence-electron chi connectivity index (χ3n) is 0. The zero-order valence-corrected chi connectivity index (χ0v) is 6.39. The average Bonchev–Trinajstić information content (AvgIpc) is 0.722. The Kier molecular flexibility index (Phi) is 5.44. The molecule has 0 unspecified atom stereocenters. The molecule has 0 aromatic rings. The zero-order chi connectivity index (χ0) is 4.50. The molecular formula is H4CuO4Sn. The van der Waals surface area contributed by atoms with Crippen molar-refractivity contribution in [2.24, 2.45) is 0 Å². The molecule has 0 fully saturated rings. The Morgan fingerprint density at radius 1 is 0.833 bits per heavy atom. The molecule has 0 heterocycles. The molecule has 0 bridgehead atoms. The van der Waals surface area contributed by atoms with E-state index in [1.165, 1.54) is 0 Å². The summed E-state index contributed by atoms with van der Waals surface area (Å²) in [6.45, 7) is 0. The molecule has 0 aliphatic heterocycles. The van der Waals surface area contributed by atoms with E-state index in [1.807, 2.05) is 0 Å². The molecule has 6 heavy (non-hydrogen) atoms. The molecule has 43 valence electrons. The van der Waals surface area contributed by atoms with Gasteiger partial charge < -0.3 is 0 Å². The van der Waals surface area contributed by atoms with Crippen LogP contribution in [0, 0.1) is 0 Å². The fourth-order valence-electron chi connectivity index (χ4n) is 0. The Morgan fingerprint density at radius 2 is 0.833 bits per heavy atom. The van der Waals surface area contributed by atoms with Crippen molar-refractivity contribution >= 4 is 20.0 Å². The average molecular weight is 250 g/mol. The molecule has 4 nitrogen and oxygen atoms in total. The van der Waals surface area contributed by atoms with Crippen LogP contribution in [0.3, 0.4) is 0 Å². The molecule has 0 aliphatic carbocycles. The first kappa shape index (κ1) is 10.2. The minimum atomic E-state index is -5.18. The summed E-state index contributed by atoms with van der Waals surface area (Å²) in [5.74, 6) is 0. The van der Waals surface area contributed by atoms with E-state index in [9.17, 15) is 0 Å². The monoisotopic (exact) mass is 251 g/mol. The predicted molar refractivity (Wildman–Crippen MR) is 14.6 cm³/mol. The maximum atomic E-state index is 7.40. The molecule has 0 amide bonds. The van der Waals surface area contributed by atoms with Gasteiger partial charge in [-0.05, 0) is 0 Å². The summed E-state index contributed by atoms with van der Waals surface area (Å²) < 4.78 is 29.6. The molecule has 0 atom stereocenters. The number of rotatable bonds is 0. The van der Waals surface area contributed by atoms with E-state index in [-0.39, 0.29) is 17.1 Å². The normalized spacial score (nSPS) is 10.0. The van der Waals surface area contributed by atoms with Gasteiger partial charge in [-0.25, -0.2) is 0 Å². The summed E-state index contributed by atoms with van der Waals surface area (Å²) in [6.07, 6.45) is 0. The Bertz CT molecular complexity index is 23.0. The van der Waals surface area contributed by atoms with Crippen LogP contribution in [-0.4, -0.2) is 33.8 Å². The topological polar surface area (TPSA) is 80.9 Å². The molecule has 0 aliphatic rings. The van der Waals surface area contributed by atoms with Gasteiger partial charge >= 0.3 is 33.8 Å². The molecule has 1 radical (unpaired) electrons. The summed E-state index contributed by atoms with van der Waals surface area (Å²) in [7, 11) is 0. The van der Waals surface area contributed by atoms with Crippen LogP contribution >= 0.6 is 0 Å². The fraction of sp³-hybridized carbons (Fsp3) is 0. The third kappa shape index (κ3) is 66.5. The van der Waals surface area contributed by atoms with E-state index in [1.54, 1.807) is 0 Å². The van der Waals surface area contributed by atoms with Gasteiger partial charge in [-0.1, -0.05) is 0 Å². The van der Waals surface area contributed by atoms with Crippen LogP contribution < -0.4 is 0 Å². The van der Waals surface area contributed by atoms with Gasteiger partial charge in [-0.3, -0.25) is 0 Å². The first-order valence-electron chi connectivity index (χ1n) is 0.894. The van der Waals surface area contributed by atoms with Crippen molar-refractivity contribution in [3.63, 3.8) is 0 Å². The predicted octanol–water partition coefficient (Wildman–Crippen LogP) is -2.61. The van der Waals surface area contributed by atoms with Crippen molar-refractivity contribution < 1.29 is 30.8 Å². The second kappa shape index (κ2) is 3.20. The second-order valence-electron chi connectivity index (χ2n) is 0.600. The molecule has 6 heteroatoms. The molecule has 0 saturated heterocycles. The van der Waals surface area contributed by atoms with Gasteiger partial charge in [-0.15, -0.1) is 0 Å². The maximum absolute atomic E-state index is 7.40. The van der Waals surface area contributed by atoms with Crippen LogP contribution in [0.2, 0.25) is 0 Å². The first-order chi connectivity index (χ1) is 2.00. The van der Waals surface area contributed by atoms with Crippen LogP contribution in [-0.2, 0) is 17.1 Å². The van der Waals surface area contributed by atoms with Crippen molar-refractivity contribution in [3.05, 3.63) is 0 Å². The molecule has 0 rings (SSSR count). The van der Waals surface area contributed by atoms with E-state index in [0.717, 1.165) is 0 Å². The molecule has 4 N–H and O–H groups in total. The molecule has 0 aromatic heterocycles. The van der Waals surface area contributed by atoms with Crippen molar-refractivity contribution in [1.29, 1.82) is 0 Å². The van der Waals surface area contributed by atoms with E-state index < -0.39 is 20.0 Å². The molecule has 0 spiro atoms. The molecule has 0 aromatic carbocycles. The molecule has 0 saturated carbocycles. The van der Waals surface area contributed by atoms with Gasteiger partial charge in [0, 0.05) is 17.1 Å². The SMILES string of the molecule is [Cu].[OH][Sn]([OH])([OH])[OH]. The van der Waals surface area contributed by atoms with Crippen molar-refractivity contribution in [3.8, 4) is 0 Å². The van der Waals surface area contributed by atoms with Gasteiger partial charge in [0.2, 0.25) is 0 Å². The van der Waals surface area contributed by atoms with Crippen LogP contribution in [0.4, 0.5) is 0 Å². The first-order valence-corrected chi connectivity index (χ1v) is 6.00. The number of hydrogen-bond donors (Lipinski definition) is 4. The van der Waals surface area contributed by atoms with Gasteiger partial charge in [-0.2, -0.15) is 0 Å². The third-order valence-corrected chi connectivity index (χ3v) is 0. The number of hydrogen-bond acceptors (Lipinski definition) is 4. The van der Waals surface area contributed by atoms with Crippen LogP contribution in [0.15, 0.2) is 0 Å². The van der Waals surface area contributed by atoms with Gasteiger partial charge in [0.05, 0.1) is 0 Å².